The number of ether oxygens (including phenoxy) is 2. The maximum atomic E-state index is 11.8. The number of carbonyl (C=O) groups excluding carboxylic acids is 2. The molecule has 0 amide bonds. The average molecular weight is 286 g/mol. The molecule has 5 nitrogen and oxygen atoms in total. The van der Waals surface area contributed by atoms with Gasteiger partial charge in [-0.2, -0.15) is 0 Å². The van der Waals surface area contributed by atoms with Crippen molar-refractivity contribution in [2.75, 3.05) is 19.5 Å². The molecule has 0 radical (unpaired) electrons. The molecule has 1 aromatic rings. The second-order valence-corrected chi connectivity index (χ2v) is 5.12. The molecular weight excluding hydrogens is 270 g/mol. The topological polar surface area (TPSA) is 78.6 Å². The number of hydrogen-bond donors (Lipinski definition) is 1. The fourth-order valence-electron chi connectivity index (χ4n) is 1.38. The van der Waals surface area contributed by atoms with E-state index in [4.69, 9.17) is 22.1 Å². The van der Waals surface area contributed by atoms with Crippen molar-refractivity contribution in [1.82, 2.24) is 0 Å². The van der Waals surface area contributed by atoms with E-state index in [-0.39, 0.29) is 17.9 Å². The SMILES string of the molecule is COC(=O)C(C)(C)COC(=O)c1ccc(Cl)cc1N. The highest BCUT2D eigenvalue weighted by molar-refractivity contribution is 6.31. The zero-order chi connectivity index (χ0) is 14.6. The summed E-state index contributed by atoms with van der Waals surface area (Å²) < 4.78 is 9.69. The van der Waals surface area contributed by atoms with Gasteiger partial charge in [0.2, 0.25) is 0 Å². The molecule has 0 saturated carbocycles. The van der Waals surface area contributed by atoms with Crippen molar-refractivity contribution < 1.29 is 19.1 Å². The molecule has 0 aliphatic rings. The van der Waals surface area contributed by atoms with E-state index in [1.54, 1.807) is 19.9 Å². The minimum absolute atomic E-state index is 0.0967. The van der Waals surface area contributed by atoms with Gasteiger partial charge in [0.25, 0.3) is 0 Å². The van der Waals surface area contributed by atoms with Crippen molar-refractivity contribution in [3.05, 3.63) is 28.8 Å². The summed E-state index contributed by atoms with van der Waals surface area (Å²) in [6.07, 6.45) is 0. The normalized spacial score (nSPS) is 10.9. The van der Waals surface area contributed by atoms with E-state index < -0.39 is 17.4 Å². The fourth-order valence-corrected chi connectivity index (χ4v) is 1.56. The molecule has 0 atom stereocenters. The Hall–Kier alpha value is -1.75. The van der Waals surface area contributed by atoms with Crippen LogP contribution >= 0.6 is 11.6 Å². The van der Waals surface area contributed by atoms with Crippen LogP contribution in [0.2, 0.25) is 5.02 Å². The quantitative estimate of drug-likeness (QED) is 0.678. The number of carbonyl (C=O) groups is 2. The highest BCUT2D eigenvalue weighted by Crippen LogP contribution is 2.21. The minimum atomic E-state index is -0.911. The summed E-state index contributed by atoms with van der Waals surface area (Å²) in [5, 5.41) is 0.434. The van der Waals surface area contributed by atoms with Crippen LogP contribution in [-0.2, 0) is 14.3 Å². The van der Waals surface area contributed by atoms with Gasteiger partial charge in [-0.3, -0.25) is 4.79 Å². The average Bonchev–Trinajstić information content (AvgIpc) is 2.35. The van der Waals surface area contributed by atoms with Gasteiger partial charge in [0.05, 0.1) is 18.1 Å². The first-order valence-corrected chi connectivity index (χ1v) is 5.96. The lowest BCUT2D eigenvalue weighted by atomic mass is 9.95. The lowest BCUT2D eigenvalue weighted by Crippen LogP contribution is -2.32. The summed E-state index contributed by atoms with van der Waals surface area (Å²) in [6.45, 7) is 3.15. The van der Waals surface area contributed by atoms with Crippen LogP contribution < -0.4 is 5.73 Å². The van der Waals surface area contributed by atoms with E-state index in [9.17, 15) is 9.59 Å². The van der Waals surface area contributed by atoms with Gasteiger partial charge in [-0.05, 0) is 32.0 Å². The third-order valence-corrected chi connectivity index (χ3v) is 2.77. The van der Waals surface area contributed by atoms with Crippen LogP contribution in [-0.4, -0.2) is 25.7 Å². The maximum absolute atomic E-state index is 11.8. The number of benzene rings is 1. The van der Waals surface area contributed by atoms with Crippen molar-refractivity contribution in [2.45, 2.75) is 13.8 Å². The third-order valence-electron chi connectivity index (χ3n) is 2.54. The molecule has 0 spiro atoms. The monoisotopic (exact) mass is 285 g/mol. The summed E-state index contributed by atoms with van der Waals surface area (Å²) in [5.74, 6) is -1.06. The Labute approximate surface area is 116 Å². The Morgan fingerprint density at radius 3 is 2.53 bits per heavy atom. The summed E-state index contributed by atoms with van der Waals surface area (Å²) in [4.78, 5) is 23.3. The molecule has 6 heteroatoms. The van der Waals surface area contributed by atoms with Gasteiger partial charge in [0.1, 0.15) is 6.61 Å². The fraction of sp³-hybridized carbons (Fsp3) is 0.385. The first-order chi connectivity index (χ1) is 8.77. The minimum Gasteiger partial charge on any atom is -0.469 e. The zero-order valence-corrected chi connectivity index (χ0v) is 11.8. The van der Waals surface area contributed by atoms with Crippen LogP contribution in [0.4, 0.5) is 5.69 Å². The van der Waals surface area contributed by atoms with Gasteiger partial charge >= 0.3 is 11.9 Å². The Kier molecular flexibility index (Phi) is 4.78. The van der Waals surface area contributed by atoms with Crippen LogP contribution in [0.5, 0.6) is 0 Å². The second-order valence-electron chi connectivity index (χ2n) is 4.68. The Morgan fingerprint density at radius 1 is 1.37 bits per heavy atom. The number of nitrogens with two attached hydrogens (primary N) is 1. The smallest absolute Gasteiger partial charge is 0.340 e. The van der Waals surface area contributed by atoms with Gasteiger partial charge in [-0.25, -0.2) is 4.79 Å². The second kappa shape index (κ2) is 5.93. The molecule has 0 heterocycles. The first kappa shape index (κ1) is 15.3. The number of rotatable bonds is 4. The third kappa shape index (κ3) is 3.86. The van der Waals surface area contributed by atoms with E-state index in [0.717, 1.165) is 0 Å². The van der Waals surface area contributed by atoms with E-state index in [1.165, 1.54) is 19.2 Å². The predicted molar refractivity (Wildman–Crippen MR) is 71.9 cm³/mol. The molecule has 0 aromatic heterocycles. The van der Waals surface area contributed by atoms with Crippen molar-refractivity contribution in [3.63, 3.8) is 0 Å². The van der Waals surface area contributed by atoms with Crippen molar-refractivity contribution in [1.29, 1.82) is 0 Å². The number of anilines is 1. The highest BCUT2D eigenvalue weighted by atomic mass is 35.5. The number of methoxy groups -OCH3 is 1. The van der Waals surface area contributed by atoms with E-state index in [0.29, 0.717) is 5.02 Å². The van der Waals surface area contributed by atoms with Gasteiger partial charge in [0.15, 0.2) is 0 Å². The standard InChI is InChI=1S/C13H16ClNO4/c1-13(2,12(17)18-3)7-19-11(16)9-5-4-8(14)6-10(9)15/h4-6H,7,15H2,1-3H3. The molecule has 104 valence electrons. The van der Waals surface area contributed by atoms with E-state index in [1.807, 2.05) is 0 Å². The Morgan fingerprint density at radius 2 is 2.00 bits per heavy atom. The van der Waals surface area contributed by atoms with Crippen LogP contribution in [0.25, 0.3) is 0 Å². The number of esters is 2. The molecule has 1 aromatic carbocycles. The zero-order valence-electron chi connectivity index (χ0n) is 11.0. The number of hydrogen-bond acceptors (Lipinski definition) is 5. The summed E-state index contributed by atoms with van der Waals surface area (Å²) in [5.41, 5.74) is 5.20. The van der Waals surface area contributed by atoms with Gasteiger partial charge < -0.3 is 15.2 Å². The highest BCUT2D eigenvalue weighted by Gasteiger charge is 2.30. The largest absolute Gasteiger partial charge is 0.469 e. The summed E-state index contributed by atoms with van der Waals surface area (Å²) in [6, 6.07) is 4.48. The molecule has 2 N–H and O–H groups in total. The van der Waals surface area contributed by atoms with Gasteiger partial charge in [-0.15, -0.1) is 0 Å². The molecule has 19 heavy (non-hydrogen) atoms. The molecule has 0 aliphatic heterocycles. The maximum Gasteiger partial charge on any atom is 0.340 e. The molecule has 0 aliphatic carbocycles. The molecular formula is C13H16ClNO4. The Bertz CT molecular complexity index is 499. The molecule has 1 rings (SSSR count). The van der Waals surface area contributed by atoms with Crippen LogP contribution in [0.15, 0.2) is 18.2 Å². The molecule has 0 fully saturated rings. The predicted octanol–water partition coefficient (Wildman–Crippen LogP) is 2.28. The Balaban J connectivity index is 2.73. The summed E-state index contributed by atoms with van der Waals surface area (Å²) in [7, 11) is 1.28. The van der Waals surface area contributed by atoms with Crippen LogP contribution in [0, 0.1) is 5.41 Å². The van der Waals surface area contributed by atoms with Gasteiger partial charge in [-0.1, -0.05) is 11.6 Å². The summed E-state index contributed by atoms with van der Waals surface area (Å²) >= 11 is 5.74. The van der Waals surface area contributed by atoms with Crippen molar-refractivity contribution in [2.24, 2.45) is 5.41 Å². The molecule has 0 unspecified atom stereocenters. The lowest BCUT2D eigenvalue weighted by Gasteiger charge is -2.21. The van der Waals surface area contributed by atoms with E-state index in [2.05, 4.69) is 4.74 Å². The van der Waals surface area contributed by atoms with E-state index >= 15 is 0 Å². The van der Waals surface area contributed by atoms with Crippen molar-refractivity contribution >= 4 is 29.2 Å². The first-order valence-electron chi connectivity index (χ1n) is 5.58. The van der Waals surface area contributed by atoms with Gasteiger partial charge in [0, 0.05) is 10.7 Å². The van der Waals surface area contributed by atoms with Crippen molar-refractivity contribution in [3.8, 4) is 0 Å². The van der Waals surface area contributed by atoms with Crippen LogP contribution in [0.1, 0.15) is 24.2 Å². The number of nitrogen functional groups attached to an aromatic ring is 1. The van der Waals surface area contributed by atoms with Crippen LogP contribution in [0.3, 0.4) is 0 Å². The molecule has 0 saturated heterocycles. The number of halogens is 1. The lowest BCUT2D eigenvalue weighted by molar-refractivity contribution is -0.152. The molecule has 0 bridgehead atoms.